The zero-order valence-electron chi connectivity index (χ0n) is 16.9. The molecule has 1 aliphatic rings. The van der Waals surface area contributed by atoms with E-state index in [4.69, 9.17) is 27.9 Å². The quantitative estimate of drug-likeness (QED) is 0.714. The van der Waals surface area contributed by atoms with Crippen LogP contribution in [0.5, 0.6) is 5.75 Å². The third kappa shape index (κ3) is 4.87. The third-order valence-corrected chi connectivity index (χ3v) is 5.68. The molecule has 6 nitrogen and oxygen atoms in total. The van der Waals surface area contributed by atoms with Gasteiger partial charge in [-0.3, -0.25) is 14.3 Å². The molecule has 1 aliphatic heterocycles. The van der Waals surface area contributed by atoms with E-state index in [1.807, 2.05) is 20.8 Å². The van der Waals surface area contributed by atoms with Gasteiger partial charge in [0.25, 0.3) is 5.56 Å². The molecule has 0 aliphatic carbocycles. The Kier molecular flexibility index (Phi) is 6.46. The number of aromatic carboxylic acids is 1. The second kappa shape index (κ2) is 8.54. The third-order valence-electron chi connectivity index (χ3n) is 4.95. The van der Waals surface area contributed by atoms with Crippen molar-refractivity contribution < 1.29 is 14.6 Å². The molecule has 0 spiro atoms. The molecule has 1 fully saturated rings. The average Bonchev–Trinajstić information content (AvgIpc) is 3.12. The van der Waals surface area contributed by atoms with Crippen molar-refractivity contribution in [1.29, 1.82) is 0 Å². The Morgan fingerprint density at radius 1 is 1.14 bits per heavy atom. The predicted molar refractivity (Wildman–Crippen MR) is 116 cm³/mol. The summed E-state index contributed by atoms with van der Waals surface area (Å²) >= 11 is 12.3. The first-order chi connectivity index (χ1) is 13.6. The summed E-state index contributed by atoms with van der Waals surface area (Å²) in [4.78, 5) is 27.6. The highest BCUT2D eigenvalue weighted by atomic mass is 35.5. The lowest BCUT2D eigenvalue weighted by Crippen LogP contribution is -2.32. The van der Waals surface area contributed by atoms with Gasteiger partial charge >= 0.3 is 5.97 Å². The Morgan fingerprint density at radius 2 is 1.72 bits per heavy atom. The van der Waals surface area contributed by atoms with Crippen molar-refractivity contribution in [3.05, 3.63) is 38.2 Å². The molecule has 1 aromatic carbocycles. The summed E-state index contributed by atoms with van der Waals surface area (Å²) in [6.07, 6.45) is 2.32. The van der Waals surface area contributed by atoms with E-state index < -0.39 is 11.5 Å². The molecular weight excluding hydrogens is 415 g/mol. The Hall–Kier alpha value is -1.76. The Labute approximate surface area is 180 Å². The fraction of sp³-hybridized carbons (Fsp3) is 0.524. The summed E-state index contributed by atoms with van der Waals surface area (Å²) in [5, 5.41) is 11.1. The lowest BCUT2D eigenvalue weighted by molar-refractivity contribution is 0.0674. The summed E-state index contributed by atoms with van der Waals surface area (Å²) in [7, 11) is 0. The molecule has 158 valence electrons. The number of rotatable bonds is 6. The zero-order valence-corrected chi connectivity index (χ0v) is 18.4. The maximum absolute atomic E-state index is 13.2. The van der Waals surface area contributed by atoms with Gasteiger partial charge in [-0.25, -0.2) is 4.79 Å². The van der Waals surface area contributed by atoms with Crippen LogP contribution in [0.25, 0.3) is 10.8 Å². The molecule has 0 saturated carbocycles. The van der Waals surface area contributed by atoms with E-state index in [-0.39, 0.29) is 33.4 Å². The van der Waals surface area contributed by atoms with Crippen LogP contribution in [0.1, 0.15) is 44.1 Å². The van der Waals surface area contributed by atoms with E-state index in [2.05, 4.69) is 4.90 Å². The minimum atomic E-state index is -1.21. The van der Waals surface area contributed by atoms with Crippen molar-refractivity contribution in [1.82, 2.24) is 9.47 Å². The van der Waals surface area contributed by atoms with Crippen molar-refractivity contribution >= 4 is 39.9 Å². The summed E-state index contributed by atoms with van der Waals surface area (Å²) in [6.45, 7) is 9.10. The van der Waals surface area contributed by atoms with Gasteiger partial charge in [0.15, 0.2) is 11.4 Å². The standard InChI is InChI=1S/C21H26Cl2N2O4/c1-21(2,3)12-25-17(20(27)28)18(29-9-8-24-6-4-5-7-24)13-10-15(22)16(23)11-14(13)19(25)26/h10-11H,4-9,12H2,1-3H3,(H,27,28). The Bertz CT molecular complexity index is 989. The van der Waals surface area contributed by atoms with E-state index in [1.54, 1.807) is 0 Å². The number of benzene rings is 1. The number of carbonyl (C=O) groups is 1. The second-order valence-corrected chi connectivity index (χ2v) is 9.46. The van der Waals surface area contributed by atoms with E-state index in [0.29, 0.717) is 23.9 Å². The van der Waals surface area contributed by atoms with Gasteiger partial charge in [-0.05, 0) is 43.5 Å². The molecule has 1 saturated heterocycles. The molecule has 0 bridgehead atoms. The fourth-order valence-corrected chi connectivity index (χ4v) is 4.00. The molecule has 0 amide bonds. The van der Waals surface area contributed by atoms with Crippen LogP contribution in [-0.2, 0) is 6.54 Å². The fourth-order valence-electron chi connectivity index (χ4n) is 3.68. The van der Waals surface area contributed by atoms with Crippen LogP contribution in [0, 0.1) is 5.41 Å². The van der Waals surface area contributed by atoms with Crippen LogP contribution in [0.3, 0.4) is 0 Å². The van der Waals surface area contributed by atoms with E-state index in [1.165, 1.54) is 16.7 Å². The summed E-state index contributed by atoms with van der Waals surface area (Å²) < 4.78 is 7.27. The number of carboxylic acid groups (broad SMARTS) is 1. The van der Waals surface area contributed by atoms with Crippen molar-refractivity contribution in [2.75, 3.05) is 26.2 Å². The van der Waals surface area contributed by atoms with Crippen LogP contribution in [0.15, 0.2) is 16.9 Å². The van der Waals surface area contributed by atoms with Gasteiger partial charge < -0.3 is 9.84 Å². The van der Waals surface area contributed by atoms with E-state index in [9.17, 15) is 14.7 Å². The largest absolute Gasteiger partial charge is 0.489 e. The first kappa shape index (κ1) is 21.9. The molecule has 29 heavy (non-hydrogen) atoms. The zero-order chi connectivity index (χ0) is 21.3. The van der Waals surface area contributed by atoms with Gasteiger partial charge in [0.2, 0.25) is 0 Å². The highest BCUT2D eigenvalue weighted by Gasteiger charge is 2.27. The van der Waals surface area contributed by atoms with Crippen molar-refractivity contribution in [2.24, 2.45) is 5.41 Å². The topological polar surface area (TPSA) is 71.8 Å². The van der Waals surface area contributed by atoms with Crippen LogP contribution in [0.4, 0.5) is 0 Å². The lowest BCUT2D eigenvalue weighted by atomic mass is 9.96. The number of ether oxygens (including phenoxy) is 1. The predicted octanol–water partition coefficient (Wildman–Crippen LogP) is 4.53. The van der Waals surface area contributed by atoms with Gasteiger partial charge in [-0.15, -0.1) is 0 Å². The number of likely N-dealkylation sites (tertiary alicyclic amines) is 1. The number of carboxylic acids is 1. The Morgan fingerprint density at radius 3 is 2.28 bits per heavy atom. The number of hydrogen-bond acceptors (Lipinski definition) is 4. The molecule has 0 atom stereocenters. The van der Waals surface area contributed by atoms with Crippen LogP contribution < -0.4 is 10.3 Å². The molecule has 0 unspecified atom stereocenters. The lowest BCUT2D eigenvalue weighted by Gasteiger charge is -2.24. The average molecular weight is 441 g/mol. The van der Waals surface area contributed by atoms with Crippen LogP contribution >= 0.6 is 23.2 Å². The molecule has 8 heteroatoms. The van der Waals surface area contributed by atoms with E-state index >= 15 is 0 Å². The first-order valence-corrected chi connectivity index (χ1v) is 10.5. The van der Waals surface area contributed by atoms with Gasteiger partial charge in [-0.1, -0.05) is 44.0 Å². The van der Waals surface area contributed by atoms with Crippen molar-refractivity contribution in [2.45, 2.75) is 40.2 Å². The SMILES string of the molecule is CC(C)(C)Cn1c(C(=O)O)c(OCCN2CCCC2)c2cc(Cl)c(Cl)cc2c1=O. The highest BCUT2D eigenvalue weighted by molar-refractivity contribution is 6.42. The number of aromatic nitrogens is 1. The number of nitrogens with zero attached hydrogens (tertiary/aromatic N) is 2. The molecule has 2 aromatic rings. The van der Waals surface area contributed by atoms with E-state index in [0.717, 1.165) is 25.9 Å². The second-order valence-electron chi connectivity index (χ2n) is 8.64. The first-order valence-electron chi connectivity index (χ1n) is 9.72. The van der Waals surface area contributed by atoms with Crippen LogP contribution in [0.2, 0.25) is 10.0 Å². The van der Waals surface area contributed by atoms with Gasteiger partial charge in [0.1, 0.15) is 6.61 Å². The molecule has 2 heterocycles. The highest BCUT2D eigenvalue weighted by Crippen LogP contribution is 2.35. The molecule has 1 N–H and O–H groups in total. The minimum absolute atomic E-state index is 0.155. The minimum Gasteiger partial charge on any atom is -0.489 e. The van der Waals surface area contributed by atoms with Gasteiger partial charge in [-0.2, -0.15) is 0 Å². The molecule has 1 aromatic heterocycles. The molecular formula is C21H26Cl2N2O4. The van der Waals surface area contributed by atoms with Crippen molar-refractivity contribution in [3.63, 3.8) is 0 Å². The summed E-state index contributed by atoms with van der Waals surface area (Å²) in [6, 6.07) is 3.00. The smallest absolute Gasteiger partial charge is 0.356 e. The maximum Gasteiger partial charge on any atom is 0.356 e. The normalized spacial score (nSPS) is 15.2. The van der Waals surface area contributed by atoms with Gasteiger partial charge in [0, 0.05) is 18.5 Å². The number of pyridine rings is 1. The van der Waals surface area contributed by atoms with Crippen LogP contribution in [-0.4, -0.2) is 46.8 Å². The monoisotopic (exact) mass is 440 g/mol. The number of fused-ring (bicyclic) bond motifs is 1. The van der Waals surface area contributed by atoms with Crippen molar-refractivity contribution in [3.8, 4) is 5.75 Å². The summed E-state index contributed by atoms with van der Waals surface area (Å²) in [5.74, 6) is -1.05. The molecule has 3 rings (SSSR count). The summed E-state index contributed by atoms with van der Waals surface area (Å²) in [5.41, 5.74) is -0.889. The maximum atomic E-state index is 13.2. The number of halogens is 2. The number of hydrogen-bond donors (Lipinski definition) is 1. The molecule has 0 radical (unpaired) electrons. The van der Waals surface area contributed by atoms with Gasteiger partial charge in [0.05, 0.1) is 15.4 Å². The Balaban J connectivity index is 2.16.